The van der Waals surface area contributed by atoms with Crippen molar-refractivity contribution in [1.29, 1.82) is 0 Å². The van der Waals surface area contributed by atoms with Crippen molar-refractivity contribution in [1.82, 2.24) is 0 Å². The van der Waals surface area contributed by atoms with Crippen LogP contribution in [0.5, 0.6) is 5.75 Å². The van der Waals surface area contributed by atoms with E-state index >= 15 is 0 Å². The van der Waals surface area contributed by atoms with E-state index in [1.165, 1.54) is 31.2 Å². The van der Waals surface area contributed by atoms with Crippen LogP contribution >= 0.6 is 11.3 Å². The van der Waals surface area contributed by atoms with E-state index in [2.05, 4.69) is 0 Å². The molecule has 3 rings (SSSR count). The predicted molar refractivity (Wildman–Crippen MR) is 82.1 cm³/mol. The molecule has 0 saturated heterocycles. The molecule has 124 valence electrons. The van der Waals surface area contributed by atoms with Gasteiger partial charge in [-0.3, -0.25) is 4.79 Å². The average molecular weight is 354 g/mol. The lowest BCUT2D eigenvalue weighted by Gasteiger charge is -2.10. The van der Waals surface area contributed by atoms with Crippen LogP contribution in [0.3, 0.4) is 0 Å². The fraction of sp³-hybridized carbons (Fsp3) is 0.125. The number of rotatable bonds is 2. The minimum Gasteiger partial charge on any atom is -0.427 e. The highest BCUT2D eigenvalue weighted by Crippen LogP contribution is 2.37. The normalized spacial score (nSPS) is 11.7. The van der Waals surface area contributed by atoms with Gasteiger partial charge >= 0.3 is 17.1 Å². The number of alkyl halides is 3. The molecule has 0 radical (unpaired) electrons. The Morgan fingerprint density at radius 2 is 1.96 bits per heavy atom. The molecule has 0 aliphatic carbocycles. The molecule has 0 spiro atoms. The topological polar surface area (TPSA) is 56.5 Å². The van der Waals surface area contributed by atoms with Crippen LogP contribution in [0.2, 0.25) is 0 Å². The fourth-order valence-corrected chi connectivity index (χ4v) is 2.98. The lowest BCUT2D eigenvalue weighted by molar-refractivity contribution is -0.137. The molecule has 0 bridgehead atoms. The van der Waals surface area contributed by atoms with E-state index < -0.39 is 22.6 Å². The maximum Gasteiger partial charge on any atom is 0.416 e. The molecule has 0 saturated carbocycles. The van der Waals surface area contributed by atoms with E-state index in [4.69, 9.17) is 9.15 Å². The van der Waals surface area contributed by atoms with Gasteiger partial charge in [0, 0.05) is 18.6 Å². The van der Waals surface area contributed by atoms with E-state index in [0.717, 1.165) is 23.5 Å². The van der Waals surface area contributed by atoms with Crippen LogP contribution < -0.4 is 9.68 Å². The number of esters is 1. The van der Waals surface area contributed by atoms with Gasteiger partial charge in [0.05, 0.1) is 10.3 Å². The van der Waals surface area contributed by atoms with E-state index in [9.17, 15) is 22.8 Å². The second-order valence-electron chi connectivity index (χ2n) is 4.92. The van der Waals surface area contributed by atoms with Gasteiger partial charge in [-0.05, 0) is 23.8 Å². The standard InChI is InChI=1S/C16H9F3O4S/c1-8(20)22-11-6-12(14-13(7-11)24-15(21)23-14)9-3-2-4-10(5-9)16(17,18)19/h2-7H,1H3. The van der Waals surface area contributed by atoms with Crippen molar-refractivity contribution in [2.75, 3.05) is 0 Å². The van der Waals surface area contributed by atoms with Crippen LogP contribution in [-0.4, -0.2) is 5.97 Å². The number of benzene rings is 2. The first-order chi connectivity index (χ1) is 11.2. The second-order valence-corrected chi connectivity index (χ2v) is 5.90. The summed E-state index contributed by atoms with van der Waals surface area (Å²) in [6.45, 7) is 1.20. The third kappa shape index (κ3) is 3.18. The Morgan fingerprint density at radius 3 is 2.62 bits per heavy atom. The van der Waals surface area contributed by atoms with Crippen molar-refractivity contribution in [2.45, 2.75) is 13.1 Å². The van der Waals surface area contributed by atoms with Gasteiger partial charge in [0.15, 0.2) is 5.58 Å². The van der Waals surface area contributed by atoms with Crippen LogP contribution in [-0.2, 0) is 11.0 Å². The Bertz CT molecular complexity index is 985. The fourth-order valence-electron chi connectivity index (χ4n) is 2.25. The van der Waals surface area contributed by atoms with Crippen LogP contribution in [0.25, 0.3) is 21.4 Å². The van der Waals surface area contributed by atoms with Gasteiger partial charge in [-0.1, -0.05) is 23.5 Å². The van der Waals surface area contributed by atoms with Gasteiger partial charge in [-0.25, -0.2) is 4.79 Å². The number of carbonyl (C=O) groups is 1. The molecule has 3 aromatic rings. The van der Waals surface area contributed by atoms with Crippen LogP contribution in [0, 0.1) is 0 Å². The highest BCUT2D eigenvalue weighted by Gasteiger charge is 2.30. The molecule has 0 aliphatic rings. The Hall–Kier alpha value is -2.61. The summed E-state index contributed by atoms with van der Waals surface area (Å²) in [4.78, 5) is 22.0. The van der Waals surface area contributed by atoms with Gasteiger partial charge in [0.2, 0.25) is 0 Å². The van der Waals surface area contributed by atoms with Gasteiger partial charge in [-0.2, -0.15) is 13.2 Å². The third-order valence-electron chi connectivity index (χ3n) is 3.17. The summed E-state index contributed by atoms with van der Waals surface area (Å²) in [5, 5.41) is 0. The summed E-state index contributed by atoms with van der Waals surface area (Å²) in [5.41, 5.74) is -0.234. The number of fused-ring (bicyclic) bond motifs is 1. The number of hydrogen-bond acceptors (Lipinski definition) is 5. The Kier molecular flexibility index (Phi) is 3.92. The molecule has 8 heteroatoms. The lowest BCUT2D eigenvalue weighted by atomic mass is 10.0. The summed E-state index contributed by atoms with van der Waals surface area (Å²) in [7, 11) is 0. The molecule has 0 N–H and O–H groups in total. The molecule has 1 aromatic heterocycles. The monoisotopic (exact) mass is 354 g/mol. The first kappa shape index (κ1) is 16.3. The first-order valence-electron chi connectivity index (χ1n) is 6.68. The van der Waals surface area contributed by atoms with Crippen molar-refractivity contribution in [3.8, 4) is 16.9 Å². The van der Waals surface area contributed by atoms with Gasteiger partial charge in [0.25, 0.3) is 0 Å². The zero-order chi connectivity index (χ0) is 17.5. The molecule has 0 fully saturated rings. The SMILES string of the molecule is CC(=O)Oc1cc(-c2cccc(C(F)(F)F)c2)c2oc(=O)sc2c1. The lowest BCUT2D eigenvalue weighted by Crippen LogP contribution is -2.04. The van der Waals surface area contributed by atoms with E-state index in [1.54, 1.807) is 0 Å². The molecular formula is C16H9F3O4S. The van der Waals surface area contributed by atoms with Crippen molar-refractivity contribution in [3.63, 3.8) is 0 Å². The highest BCUT2D eigenvalue weighted by atomic mass is 32.1. The maximum absolute atomic E-state index is 12.9. The quantitative estimate of drug-likeness (QED) is 0.503. The summed E-state index contributed by atoms with van der Waals surface area (Å²) in [6, 6.07) is 7.41. The first-order valence-corrected chi connectivity index (χ1v) is 7.49. The third-order valence-corrected chi connectivity index (χ3v) is 3.94. The smallest absolute Gasteiger partial charge is 0.416 e. The summed E-state index contributed by atoms with van der Waals surface area (Å²) < 4.78 is 49.2. The summed E-state index contributed by atoms with van der Waals surface area (Å²) in [5.74, 6) is -0.459. The molecule has 0 unspecified atom stereocenters. The Labute approximate surface area is 137 Å². The molecule has 0 amide bonds. The van der Waals surface area contributed by atoms with Crippen molar-refractivity contribution in [3.05, 3.63) is 51.7 Å². The van der Waals surface area contributed by atoms with Crippen molar-refractivity contribution in [2.24, 2.45) is 0 Å². The van der Waals surface area contributed by atoms with Gasteiger partial charge in [-0.15, -0.1) is 0 Å². The molecule has 4 nitrogen and oxygen atoms in total. The summed E-state index contributed by atoms with van der Waals surface area (Å²) >= 11 is 0.776. The molecule has 2 aromatic carbocycles. The number of halogens is 3. The summed E-state index contributed by atoms with van der Waals surface area (Å²) in [6.07, 6.45) is -4.50. The van der Waals surface area contributed by atoms with Crippen LogP contribution in [0.1, 0.15) is 12.5 Å². The second kappa shape index (κ2) is 5.79. The van der Waals surface area contributed by atoms with Crippen LogP contribution in [0.4, 0.5) is 13.2 Å². The molecule has 1 heterocycles. The number of ether oxygens (including phenoxy) is 1. The molecule has 0 aliphatic heterocycles. The van der Waals surface area contributed by atoms with E-state index in [0.29, 0.717) is 4.70 Å². The van der Waals surface area contributed by atoms with E-state index in [1.807, 2.05) is 0 Å². The Balaban J connectivity index is 2.24. The Morgan fingerprint density at radius 1 is 1.21 bits per heavy atom. The zero-order valence-electron chi connectivity index (χ0n) is 12.1. The van der Waals surface area contributed by atoms with Gasteiger partial charge in [0.1, 0.15) is 5.75 Å². The molecule has 0 atom stereocenters. The van der Waals surface area contributed by atoms with Crippen molar-refractivity contribution < 1.29 is 27.1 Å². The van der Waals surface area contributed by atoms with Crippen LogP contribution in [0.15, 0.2) is 45.6 Å². The largest absolute Gasteiger partial charge is 0.427 e. The number of hydrogen-bond donors (Lipinski definition) is 0. The van der Waals surface area contributed by atoms with Gasteiger partial charge < -0.3 is 9.15 Å². The minimum atomic E-state index is -4.50. The highest BCUT2D eigenvalue weighted by molar-refractivity contribution is 7.16. The average Bonchev–Trinajstić information content (AvgIpc) is 2.85. The molecule has 24 heavy (non-hydrogen) atoms. The zero-order valence-corrected chi connectivity index (χ0v) is 13.0. The minimum absolute atomic E-state index is 0.125. The number of carbonyl (C=O) groups excluding carboxylic acids is 1. The molecular weight excluding hydrogens is 345 g/mol. The predicted octanol–water partition coefficient (Wildman–Crippen LogP) is 4.47. The van der Waals surface area contributed by atoms with E-state index in [-0.39, 0.29) is 22.5 Å². The van der Waals surface area contributed by atoms with Crippen molar-refractivity contribution >= 4 is 27.6 Å². The maximum atomic E-state index is 12.9.